The van der Waals surface area contributed by atoms with Crippen LogP contribution in [-0.4, -0.2) is 26.0 Å². The third kappa shape index (κ3) is 4.97. The molecule has 0 saturated heterocycles. The second-order valence-electron chi connectivity index (χ2n) is 5.62. The molecule has 0 unspecified atom stereocenters. The molecule has 1 saturated carbocycles. The van der Waals surface area contributed by atoms with Gasteiger partial charge in [0.05, 0.1) is 0 Å². The standard InChI is InChI=1S/C16H23BrN2O.ClH/c1-18-11-2-4-15(20)19-12-16(9-3-10-16)13-5-7-14(17)8-6-13;/h5-8,18H,2-4,9-12H2,1H3,(H,19,20);1H. The Balaban J connectivity index is 0.00000220. The van der Waals surface area contributed by atoms with Gasteiger partial charge in [0, 0.05) is 22.9 Å². The molecular formula is C16H24BrClN2O. The molecule has 0 aliphatic heterocycles. The highest BCUT2D eigenvalue weighted by molar-refractivity contribution is 9.10. The lowest BCUT2D eigenvalue weighted by Gasteiger charge is -2.42. The van der Waals surface area contributed by atoms with E-state index in [4.69, 9.17) is 0 Å². The maximum atomic E-state index is 11.8. The van der Waals surface area contributed by atoms with Gasteiger partial charge in [-0.1, -0.05) is 34.5 Å². The SMILES string of the molecule is CNCCCC(=O)NCC1(c2ccc(Br)cc2)CCC1.Cl. The van der Waals surface area contributed by atoms with Crippen LogP contribution < -0.4 is 10.6 Å². The largest absolute Gasteiger partial charge is 0.355 e. The molecule has 0 spiro atoms. The minimum Gasteiger partial charge on any atom is -0.355 e. The molecule has 5 heteroatoms. The highest BCUT2D eigenvalue weighted by atomic mass is 79.9. The predicted molar refractivity (Wildman–Crippen MR) is 93.1 cm³/mol. The number of nitrogens with one attached hydrogen (secondary N) is 2. The van der Waals surface area contributed by atoms with E-state index in [1.807, 2.05) is 7.05 Å². The van der Waals surface area contributed by atoms with E-state index < -0.39 is 0 Å². The van der Waals surface area contributed by atoms with E-state index in [0.717, 1.165) is 24.0 Å². The van der Waals surface area contributed by atoms with Crippen LogP contribution in [0.15, 0.2) is 28.7 Å². The van der Waals surface area contributed by atoms with Gasteiger partial charge in [0.15, 0.2) is 0 Å². The van der Waals surface area contributed by atoms with Crippen molar-refractivity contribution in [1.82, 2.24) is 10.6 Å². The Labute approximate surface area is 141 Å². The molecule has 0 bridgehead atoms. The molecule has 3 nitrogen and oxygen atoms in total. The summed E-state index contributed by atoms with van der Waals surface area (Å²) in [6, 6.07) is 8.53. The molecule has 1 aromatic carbocycles. The molecule has 0 radical (unpaired) electrons. The van der Waals surface area contributed by atoms with Crippen LogP contribution in [0.3, 0.4) is 0 Å². The molecule has 0 heterocycles. The molecule has 1 amide bonds. The molecule has 0 aromatic heterocycles. The minimum absolute atomic E-state index is 0. The van der Waals surface area contributed by atoms with Crippen molar-refractivity contribution in [2.45, 2.75) is 37.5 Å². The lowest BCUT2D eigenvalue weighted by molar-refractivity contribution is -0.121. The fourth-order valence-corrected chi connectivity index (χ4v) is 3.02. The zero-order valence-corrected chi connectivity index (χ0v) is 14.9. The first kappa shape index (κ1) is 18.5. The van der Waals surface area contributed by atoms with Crippen molar-refractivity contribution in [2.24, 2.45) is 0 Å². The van der Waals surface area contributed by atoms with Gasteiger partial charge in [0.25, 0.3) is 0 Å². The number of rotatable bonds is 7. The second kappa shape index (κ2) is 8.76. The number of carbonyl (C=O) groups excluding carboxylic acids is 1. The van der Waals surface area contributed by atoms with Gasteiger partial charge >= 0.3 is 0 Å². The van der Waals surface area contributed by atoms with Gasteiger partial charge < -0.3 is 10.6 Å². The van der Waals surface area contributed by atoms with Gasteiger partial charge in [-0.3, -0.25) is 4.79 Å². The van der Waals surface area contributed by atoms with Crippen molar-refractivity contribution in [1.29, 1.82) is 0 Å². The summed E-state index contributed by atoms with van der Waals surface area (Å²) in [5.74, 6) is 0.170. The Hall–Kier alpha value is -0.580. The van der Waals surface area contributed by atoms with Crippen LogP contribution in [-0.2, 0) is 10.2 Å². The maximum Gasteiger partial charge on any atom is 0.220 e. The summed E-state index contributed by atoms with van der Waals surface area (Å²) < 4.78 is 1.10. The van der Waals surface area contributed by atoms with Gasteiger partial charge in [0.2, 0.25) is 5.91 Å². The van der Waals surface area contributed by atoms with Crippen molar-refractivity contribution in [3.05, 3.63) is 34.3 Å². The fraction of sp³-hybridized carbons (Fsp3) is 0.562. The van der Waals surface area contributed by atoms with Crippen molar-refractivity contribution in [3.8, 4) is 0 Å². The van der Waals surface area contributed by atoms with E-state index in [9.17, 15) is 4.79 Å². The van der Waals surface area contributed by atoms with Crippen LogP contribution in [0.4, 0.5) is 0 Å². The topological polar surface area (TPSA) is 41.1 Å². The lowest BCUT2D eigenvalue weighted by Crippen LogP contribution is -2.45. The highest BCUT2D eigenvalue weighted by Gasteiger charge is 2.38. The van der Waals surface area contributed by atoms with Crippen LogP contribution in [0.5, 0.6) is 0 Å². The van der Waals surface area contributed by atoms with Gasteiger partial charge in [-0.15, -0.1) is 12.4 Å². The molecule has 118 valence electrons. The first-order valence-electron chi connectivity index (χ1n) is 7.34. The number of hydrogen-bond acceptors (Lipinski definition) is 2. The zero-order valence-electron chi connectivity index (χ0n) is 12.5. The summed E-state index contributed by atoms with van der Waals surface area (Å²) >= 11 is 3.47. The van der Waals surface area contributed by atoms with Crippen LogP contribution >= 0.6 is 28.3 Å². The Kier molecular flexibility index (Phi) is 7.71. The first-order valence-corrected chi connectivity index (χ1v) is 8.13. The third-order valence-corrected chi connectivity index (χ3v) is 4.75. The van der Waals surface area contributed by atoms with E-state index in [0.29, 0.717) is 6.42 Å². The van der Waals surface area contributed by atoms with Crippen molar-refractivity contribution in [3.63, 3.8) is 0 Å². The first-order chi connectivity index (χ1) is 9.66. The molecule has 2 rings (SSSR count). The molecule has 0 atom stereocenters. The van der Waals surface area contributed by atoms with Crippen molar-refractivity contribution >= 4 is 34.2 Å². The molecule has 1 aliphatic rings. The molecule has 1 fully saturated rings. The van der Waals surface area contributed by atoms with E-state index in [1.54, 1.807) is 0 Å². The minimum atomic E-state index is 0. The molecule has 1 aliphatic carbocycles. The number of benzene rings is 1. The molecule has 1 aromatic rings. The van der Waals surface area contributed by atoms with E-state index in [1.165, 1.54) is 24.8 Å². The number of carbonyl (C=O) groups is 1. The quantitative estimate of drug-likeness (QED) is 0.717. The Morgan fingerprint density at radius 2 is 1.95 bits per heavy atom. The highest BCUT2D eigenvalue weighted by Crippen LogP contribution is 2.43. The van der Waals surface area contributed by atoms with Crippen LogP contribution in [0.2, 0.25) is 0 Å². The Bertz CT molecular complexity index is 446. The van der Waals surface area contributed by atoms with Crippen LogP contribution in [0.25, 0.3) is 0 Å². The Morgan fingerprint density at radius 1 is 1.29 bits per heavy atom. The number of hydrogen-bond donors (Lipinski definition) is 2. The summed E-state index contributed by atoms with van der Waals surface area (Å²) in [4.78, 5) is 11.8. The average Bonchev–Trinajstić information content (AvgIpc) is 2.40. The van der Waals surface area contributed by atoms with Gasteiger partial charge in [0.1, 0.15) is 0 Å². The van der Waals surface area contributed by atoms with Crippen molar-refractivity contribution < 1.29 is 4.79 Å². The smallest absolute Gasteiger partial charge is 0.220 e. The average molecular weight is 376 g/mol. The summed E-state index contributed by atoms with van der Waals surface area (Å²) in [5.41, 5.74) is 1.52. The normalized spacial score (nSPS) is 15.7. The van der Waals surface area contributed by atoms with E-state index >= 15 is 0 Å². The molecule has 2 N–H and O–H groups in total. The maximum absolute atomic E-state index is 11.8. The van der Waals surface area contributed by atoms with Crippen LogP contribution in [0.1, 0.15) is 37.7 Å². The second-order valence-corrected chi connectivity index (χ2v) is 6.54. The van der Waals surface area contributed by atoms with Gasteiger partial charge in [-0.2, -0.15) is 0 Å². The Morgan fingerprint density at radius 3 is 2.48 bits per heavy atom. The van der Waals surface area contributed by atoms with E-state index in [-0.39, 0.29) is 23.7 Å². The summed E-state index contributed by atoms with van der Waals surface area (Å²) in [5, 5.41) is 6.18. The molecule has 21 heavy (non-hydrogen) atoms. The monoisotopic (exact) mass is 374 g/mol. The summed E-state index contributed by atoms with van der Waals surface area (Å²) in [7, 11) is 1.91. The van der Waals surface area contributed by atoms with E-state index in [2.05, 4.69) is 50.8 Å². The lowest BCUT2D eigenvalue weighted by atomic mass is 9.64. The molecular weight excluding hydrogens is 352 g/mol. The predicted octanol–water partition coefficient (Wildman–Crippen LogP) is 3.41. The summed E-state index contributed by atoms with van der Waals surface area (Å²) in [6.07, 6.45) is 5.10. The fourth-order valence-electron chi connectivity index (χ4n) is 2.76. The van der Waals surface area contributed by atoms with Crippen molar-refractivity contribution in [2.75, 3.05) is 20.1 Å². The third-order valence-electron chi connectivity index (χ3n) is 4.22. The number of halogens is 2. The van der Waals surface area contributed by atoms with Gasteiger partial charge in [-0.05, 0) is 50.6 Å². The number of amides is 1. The van der Waals surface area contributed by atoms with Gasteiger partial charge in [-0.25, -0.2) is 0 Å². The van der Waals surface area contributed by atoms with Crippen LogP contribution in [0, 0.1) is 0 Å². The summed E-state index contributed by atoms with van der Waals surface area (Å²) in [6.45, 7) is 1.66. The zero-order chi connectivity index (χ0) is 14.4.